The Balaban J connectivity index is 2.52. The zero-order chi connectivity index (χ0) is 15.2. The van der Waals surface area contributed by atoms with E-state index in [1.165, 1.54) is 6.07 Å². The molecular weight excluding hydrogens is 259 g/mol. The number of urea groups is 1. The molecule has 4 nitrogen and oxygen atoms in total. The van der Waals surface area contributed by atoms with Gasteiger partial charge in [0.2, 0.25) is 0 Å². The van der Waals surface area contributed by atoms with Crippen molar-refractivity contribution in [3.63, 3.8) is 0 Å². The molecule has 0 aliphatic carbocycles. The van der Waals surface area contributed by atoms with Gasteiger partial charge in [0.1, 0.15) is 5.82 Å². The quantitative estimate of drug-likeness (QED) is 0.750. The minimum Gasteiger partial charge on any atom is -0.394 e. The van der Waals surface area contributed by atoms with E-state index in [1.807, 2.05) is 6.92 Å². The zero-order valence-electron chi connectivity index (χ0n) is 12.3. The molecule has 5 heteroatoms. The lowest BCUT2D eigenvalue weighted by Crippen LogP contribution is -2.52. The molecule has 20 heavy (non-hydrogen) atoms. The van der Waals surface area contributed by atoms with Gasteiger partial charge in [0.25, 0.3) is 0 Å². The molecule has 0 heterocycles. The third kappa shape index (κ3) is 4.81. The highest BCUT2D eigenvalue weighted by molar-refractivity contribution is 5.74. The van der Waals surface area contributed by atoms with E-state index in [2.05, 4.69) is 10.6 Å². The van der Waals surface area contributed by atoms with Crippen molar-refractivity contribution in [3.05, 3.63) is 35.1 Å². The maximum atomic E-state index is 13.1. The van der Waals surface area contributed by atoms with Crippen molar-refractivity contribution in [2.45, 2.75) is 45.7 Å². The van der Waals surface area contributed by atoms with Crippen LogP contribution in [-0.2, 0) is 6.54 Å². The maximum absolute atomic E-state index is 13.1. The fraction of sp³-hybridized carbons (Fsp3) is 0.533. The van der Waals surface area contributed by atoms with Crippen molar-refractivity contribution >= 4 is 6.03 Å². The number of hydrogen-bond donors (Lipinski definition) is 3. The number of benzene rings is 1. The largest absolute Gasteiger partial charge is 0.394 e. The minimum atomic E-state index is -0.614. The Morgan fingerprint density at radius 1 is 1.45 bits per heavy atom. The first kappa shape index (κ1) is 16.4. The molecule has 1 aromatic rings. The Morgan fingerprint density at radius 3 is 2.70 bits per heavy atom. The molecule has 0 aromatic heterocycles. The first-order chi connectivity index (χ1) is 9.40. The molecule has 0 saturated heterocycles. The van der Waals surface area contributed by atoms with E-state index >= 15 is 0 Å². The third-order valence-corrected chi connectivity index (χ3v) is 3.24. The number of rotatable bonds is 6. The van der Waals surface area contributed by atoms with Gasteiger partial charge in [-0.25, -0.2) is 9.18 Å². The second-order valence-electron chi connectivity index (χ2n) is 5.36. The second-order valence-corrected chi connectivity index (χ2v) is 5.36. The average Bonchev–Trinajstić information content (AvgIpc) is 2.40. The highest BCUT2D eigenvalue weighted by atomic mass is 19.1. The van der Waals surface area contributed by atoms with Gasteiger partial charge in [0.05, 0.1) is 12.1 Å². The van der Waals surface area contributed by atoms with Crippen LogP contribution in [0.3, 0.4) is 0 Å². The van der Waals surface area contributed by atoms with Gasteiger partial charge in [-0.05, 0) is 37.5 Å². The van der Waals surface area contributed by atoms with Crippen LogP contribution in [0.2, 0.25) is 0 Å². The Bertz CT molecular complexity index is 465. The van der Waals surface area contributed by atoms with Gasteiger partial charge in [-0.2, -0.15) is 0 Å². The number of carbonyl (C=O) groups is 1. The molecule has 2 amide bonds. The van der Waals surface area contributed by atoms with Gasteiger partial charge in [0.15, 0.2) is 0 Å². The normalized spacial score (nSPS) is 13.7. The van der Waals surface area contributed by atoms with Crippen molar-refractivity contribution in [1.82, 2.24) is 10.6 Å². The van der Waals surface area contributed by atoms with Gasteiger partial charge in [-0.1, -0.05) is 25.5 Å². The minimum absolute atomic E-state index is 0.107. The second kappa shape index (κ2) is 7.24. The molecule has 0 radical (unpaired) electrons. The van der Waals surface area contributed by atoms with Crippen LogP contribution in [0.5, 0.6) is 0 Å². The van der Waals surface area contributed by atoms with Crippen LogP contribution in [0.1, 0.15) is 37.8 Å². The van der Waals surface area contributed by atoms with Crippen LogP contribution in [0.25, 0.3) is 0 Å². The van der Waals surface area contributed by atoms with Gasteiger partial charge in [-0.15, -0.1) is 0 Å². The molecule has 1 aromatic carbocycles. The number of hydrogen-bond acceptors (Lipinski definition) is 2. The van der Waals surface area contributed by atoms with E-state index in [4.69, 9.17) is 0 Å². The predicted molar refractivity (Wildman–Crippen MR) is 76.9 cm³/mol. The van der Waals surface area contributed by atoms with Crippen LogP contribution in [0.4, 0.5) is 9.18 Å². The van der Waals surface area contributed by atoms with E-state index in [1.54, 1.807) is 26.0 Å². The lowest BCUT2D eigenvalue weighted by Gasteiger charge is -2.28. The number of carbonyl (C=O) groups excluding carboxylic acids is 1. The fourth-order valence-electron chi connectivity index (χ4n) is 2.05. The molecule has 0 fully saturated rings. The number of aliphatic hydroxyl groups excluding tert-OH is 1. The fourth-order valence-corrected chi connectivity index (χ4v) is 2.05. The Morgan fingerprint density at radius 2 is 2.15 bits per heavy atom. The SMILES string of the molecule is CCCC(C)(CO)NC(=O)NCc1ccc(F)c(C)c1. The number of amides is 2. The predicted octanol–water partition coefficient (Wildman–Crippen LogP) is 2.48. The van der Waals surface area contributed by atoms with Crippen molar-refractivity contribution in [2.24, 2.45) is 0 Å². The molecule has 1 atom stereocenters. The number of nitrogens with one attached hydrogen (secondary N) is 2. The van der Waals surface area contributed by atoms with Gasteiger partial charge in [-0.3, -0.25) is 0 Å². The van der Waals surface area contributed by atoms with Gasteiger partial charge < -0.3 is 15.7 Å². The molecule has 0 aliphatic heterocycles. The monoisotopic (exact) mass is 282 g/mol. The summed E-state index contributed by atoms with van der Waals surface area (Å²) in [7, 11) is 0. The summed E-state index contributed by atoms with van der Waals surface area (Å²) in [6.45, 7) is 5.69. The van der Waals surface area contributed by atoms with E-state index in [0.717, 1.165) is 12.0 Å². The number of aliphatic hydroxyl groups is 1. The van der Waals surface area contributed by atoms with Crippen molar-refractivity contribution in [2.75, 3.05) is 6.61 Å². The van der Waals surface area contributed by atoms with E-state index < -0.39 is 5.54 Å². The highest BCUT2D eigenvalue weighted by Gasteiger charge is 2.24. The summed E-state index contributed by atoms with van der Waals surface area (Å²) in [6, 6.07) is 4.39. The highest BCUT2D eigenvalue weighted by Crippen LogP contribution is 2.11. The molecule has 1 unspecified atom stereocenters. The standard InChI is InChI=1S/C15H23FN2O2/c1-4-7-15(3,10-19)18-14(20)17-9-12-5-6-13(16)11(2)8-12/h5-6,8,19H,4,7,9-10H2,1-3H3,(H2,17,18,20). The summed E-state index contributed by atoms with van der Waals surface area (Å²) >= 11 is 0. The summed E-state index contributed by atoms with van der Waals surface area (Å²) < 4.78 is 13.1. The summed E-state index contributed by atoms with van der Waals surface area (Å²) in [5, 5.41) is 14.8. The van der Waals surface area contributed by atoms with Crippen molar-refractivity contribution in [3.8, 4) is 0 Å². The number of halogens is 1. The summed E-state index contributed by atoms with van der Waals surface area (Å²) in [6.07, 6.45) is 1.57. The molecule has 3 N–H and O–H groups in total. The van der Waals surface area contributed by atoms with Crippen LogP contribution >= 0.6 is 0 Å². The Hall–Kier alpha value is -1.62. The smallest absolute Gasteiger partial charge is 0.315 e. The van der Waals surface area contributed by atoms with Crippen molar-refractivity contribution in [1.29, 1.82) is 0 Å². The maximum Gasteiger partial charge on any atom is 0.315 e. The average molecular weight is 282 g/mol. The lowest BCUT2D eigenvalue weighted by molar-refractivity contribution is 0.163. The molecule has 112 valence electrons. The number of aryl methyl sites for hydroxylation is 1. The first-order valence-corrected chi connectivity index (χ1v) is 6.82. The lowest BCUT2D eigenvalue weighted by atomic mass is 9.98. The molecule has 0 saturated carbocycles. The molecule has 0 aliphatic rings. The molecule has 1 rings (SSSR count). The first-order valence-electron chi connectivity index (χ1n) is 6.82. The van der Waals surface area contributed by atoms with Crippen molar-refractivity contribution < 1.29 is 14.3 Å². The van der Waals surface area contributed by atoms with Gasteiger partial charge >= 0.3 is 6.03 Å². The molecular formula is C15H23FN2O2. The van der Waals surface area contributed by atoms with Crippen LogP contribution in [-0.4, -0.2) is 23.3 Å². The van der Waals surface area contributed by atoms with E-state index in [0.29, 0.717) is 18.5 Å². The molecule has 0 spiro atoms. The Labute approximate surface area is 119 Å². The zero-order valence-corrected chi connectivity index (χ0v) is 12.3. The topological polar surface area (TPSA) is 61.4 Å². The van der Waals surface area contributed by atoms with Crippen LogP contribution in [0, 0.1) is 12.7 Å². The Kier molecular flexibility index (Phi) is 5.95. The summed E-state index contributed by atoms with van der Waals surface area (Å²) in [5.41, 5.74) is 0.772. The summed E-state index contributed by atoms with van der Waals surface area (Å²) in [4.78, 5) is 11.8. The van der Waals surface area contributed by atoms with Crippen LogP contribution < -0.4 is 10.6 Å². The third-order valence-electron chi connectivity index (χ3n) is 3.24. The molecule has 0 bridgehead atoms. The van der Waals surface area contributed by atoms with E-state index in [-0.39, 0.29) is 18.5 Å². The van der Waals surface area contributed by atoms with Crippen LogP contribution in [0.15, 0.2) is 18.2 Å². The summed E-state index contributed by atoms with van der Waals surface area (Å²) in [5.74, 6) is -0.256. The van der Waals surface area contributed by atoms with Gasteiger partial charge in [0, 0.05) is 6.54 Å². The van der Waals surface area contributed by atoms with E-state index in [9.17, 15) is 14.3 Å².